The van der Waals surface area contributed by atoms with Gasteiger partial charge in [-0.3, -0.25) is 4.79 Å². The van der Waals surface area contributed by atoms with Crippen LogP contribution >= 0.6 is 0 Å². The fourth-order valence-corrected chi connectivity index (χ4v) is 3.97. The number of aromatic nitrogens is 2. The molecule has 0 spiro atoms. The van der Waals surface area contributed by atoms with Crippen molar-refractivity contribution < 1.29 is 13.9 Å². The van der Waals surface area contributed by atoms with E-state index in [-0.39, 0.29) is 24.2 Å². The summed E-state index contributed by atoms with van der Waals surface area (Å²) in [5.74, 6) is 0.193. The standard InChI is InChI=1S/C25H27FN4O2/c1-29(2)25-27-15-20(18-9-4-3-5-10-18)24(28-25)19-11-8-14-30(16-19)23(31)17-32-22-13-7-6-12-21(22)26/h3-7,9-10,12-13,15,19H,8,11,14,16-17H2,1-2H3. The van der Waals surface area contributed by atoms with Gasteiger partial charge in [0.1, 0.15) is 0 Å². The van der Waals surface area contributed by atoms with Gasteiger partial charge in [-0.05, 0) is 30.5 Å². The fraction of sp³-hybridized carbons (Fsp3) is 0.320. The maximum Gasteiger partial charge on any atom is 0.260 e. The zero-order chi connectivity index (χ0) is 22.5. The first-order valence-corrected chi connectivity index (χ1v) is 10.8. The number of hydrogen-bond donors (Lipinski definition) is 0. The summed E-state index contributed by atoms with van der Waals surface area (Å²) in [6.07, 6.45) is 3.67. The maximum absolute atomic E-state index is 13.8. The van der Waals surface area contributed by atoms with E-state index < -0.39 is 5.82 Å². The number of piperidine rings is 1. The van der Waals surface area contributed by atoms with Crippen molar-refractivity contribution in [2.24, 2.45) is 0 Å². The molecule has 1 fully saturated rings. The Bertz CT molecular complexity index is 1070. The van der Waals surface area contributed by atoms with Crippen molar-refractivity contribution in [3.05, 3.63) is 72.3 Å². The van der Waals surface area contributed by atoms with Crippen molar-refractivity contribution in [3.63, 3.8) is 0 Å². The minimum atomic E-state index is -0.471. The lowest BCUT2D eigenvalue weighted by Gasteiger charge is -2.33. The van der Waals surface area contributed by atoms with E-state index in [1.807, 2.05) is 55.5 Å². The molecule has 32 heavy (non-hydrogen) atoms. The zero-order valence-corrected chi connectivity index (χ0v) is 18.4. The summed E-state index contributed by atoms with van der Waals surface area (Å²) in [6.45, 7) is 1.01. The number of ether oxygens (including phenoxy) is 1. The van der Waals surface area contributed by atoms with Gasteiger partial charge in [0.25, 0.3) is 5.91 Å². The quantitative estimate of drug-likeness (QED) is 0.584. The highest BCUT2D eigenvalue weighted by Crippen LogP contribution is 2.34. The van der Waals surface area contributed by atoms with Crippen LogP contribution in [0, 0.1) is 5.82 Å². The van der Waals surface area contributed by atoms with Gasteiger partial charge in [0.05, 0.1) is 5.69 Å². The number of halogens is 1. The minimum Gasteiger partial charge on any atom is -0.481 e. The van der Waals surface area contributed by atoms with Crippen molar-refractivity contribution in [2.75, 3.05) is 38.7 Å². The maximum atomic E-state index is 13.8. The zero-order valence-electron chi connectivity index (χ0n) is 18.4. The van der Waals surface area contributed by atoms with E-state index >= 15 is 0 Å². The predicted octanol–water partition coefficient (Wildman–Crippen LogP) is 4.13. The predicted molar refractivity (Wildman–Crippen MR) is 122 cm³/mol. The van der Waals surface area contributed by atoms with Crippen LogP contribution in [0.25, 0.3) is 11.1 Å². The van der Waals surface area contributed by atoms with Crippen molar-refractivity contribution in [2.45, 2.75) is 18.8 Å². The molecule has 1 atom stereocenters. The third kappa shape index (κ3) is 4.88. The van der Waals surface area contributed by atoms with Gasteiger partial charge in [-0.25, -0.2) is 14.4 Å². The highest BCUT2D eigenvalue weighted by molar-refractivity contribution is 5.78. The summed E-state index contributed by atoms with van der Waals surface area (Å²) in [7, 11) is 3.83. The Kier molecular flexibility index (Phi) is 6.63. The van der Waals surface area contributed by atoms with Gasteiger partial charge in [0.2, 0.25) is 5.95 Å². The molecule has 0 N–H and O–H groups in total. The number of carbonyl (C=O) groups is 1. The van der Waals surface area contributed by atoms with Crippen LogP contribution in [0.4, 0.5) is 10.3 Å². The molecule has 0 bridgehead atoms. The van der Waals surface area contributed by atoms with Gasteiger partial charge in [0, 0.05) is 44.9 Å². The van der Waals surface area contributed by atoms with E-state index in [1.165, 1.54) is 12.1 Å². The Labute approximate surface area is 187 Å². The summed E-state index contributed by atoms with van der Waals surface area (Å²) in [5.41, 5.74) is 2.99. The SMILES string of the molecule is CN(C)c1ncc(-c2ccccc2)c(C2CCCN(C(=O)COc3ccccc3F)C2)n1. The van der Waals surface area contributed by atoms with E-state index in [4.69, 9.17) is 9.72 Å². The first-order chi connectivity index (χ1) is 15.5. The van der Waals surface area contributed by atoms with Crippen LogP contribution in [-0.4, -0.2) is 54.6 Å². The van der Waals surface area contributed by atoms with Crippen LogP contribution in [0.3, 0.4) is 0 Å². The molecule has 0 saturated carbocycles. The largest absolute Gasteiger partial charge is 0.481 e. The molecule has 6 nitrogen and oxygen atoms in total. The van der Waals surface area contributed by atoms with E-state index in [0.29, 0.717) is 19.0 Å². The number of nitrogens with zero attached hydrogens (tertiary/aromatic N) is 4. The first-order valence-electron chi connectivity index (χ1n) is 10.8. The summed E-state index contributed by atoms with van der Waals surface area (Å²) in [6, 6.07) is 16.2. The third-order valence-electron chi connectivity index (χ3n) is 5.64. The topological polar surface area (TPSA) is 58.6 Å². The number of hydrogen-bond acceptors (Lipinski definition) is 5. The monoisotopic (exact) mass is 434 g/mol. The summed E-state index contributed by atoms with van der Waals surface area (Å²) < 4.78 is 19.2. The Hall–Kier alpha value is -3.48. The number of anilines is 1. The smallest absolute Gasteiger partial charge is 0.260 e. The second-order valence-electron chi connectivity index (χ2n) is 8.13. The Morgan fingerprint density at radius 1 is 1.16 bits per heavy atom. The summed E-state index contributed by atoms with van der Waals surface area (Å²) in [4.78, 5) is 25.9. The number of carbonyl (C=O) groups excluding carboxylic acids is 1. The normalized spacial score (nSPS) is 16.0. The molecule has 166 valence electrons. The lowest BCUT2D eigenvalue weighted by molar-refractivity contribution is -0.134. The molecule has 1 aromatic heterocycles. The number of likely N-dealkylation sites (tertiary alicyclic amines) is 1. The van der Waals surface area contributed by atoms with Crippen LogP contribution < -0.4 is 9.64 Å². The van der Waals surface area contributed by atoms with Gasteiger partial charge in [-0.2, -0.15) is 0 Å². The number of benzene rings is 2. The molecule has 0 radical (unpaired) electrons. The minimum absolute atomic E-state index is 0.0815. The number of amides is 1. The van der Waals surface area contributed by atoms with E-state index in [0.717, 1.165) is 29.7 Å². The average Bonchev–Trinajstić information content (AvgIpc) is 2.83. The Morgan fingerprint density at radius 2 is 1.91 bits per heavy atom. The van der Waals surface area contributed by atoms with Gasteiger partial charge >= 0.3 is 0 Å². The highest BCUT2D eigenvalue weighted by Gasteiger charge is 2.28. The number of rotatable bonds is 6. The van der Waals surface area contributed by atoms with E-state index in [2.05, 4.69) is 4.98 Å². The second-order valence-corrected chi connectivity index (χ2v) is 8.13. The lowest BCUT2D eigenvalue weighted by Crippen LogP contribution is -2.42. The summed E-state index contributed by atoms with van der Waals surface area (Å²) >= 11 is 0. The van der Waals surface area contributed by atoms with Crippen LogP contribution in [0.15, 0.2) is 60.8 Å². The molecule has 1 unspecified atom stereocenters. The van der Waals surface area contributed by atoms with Crippen molar-refractivity contribution in [3.8, 4) is 16.9 Å². The van der Waals surface area contributed by atoms with Gasteiger partial charge < -0.3 is 14.5 Å². The Balaban J connectivity index is 1.54. The first kappa shape index (κ1) is 21.7. The lowest BCUT2D eigenvalue weighted by atomic mass is 9.90. The third-order valence-corrected chi connectivity index (χ3v) is 5.64. The molecule has 1 aliphatic heterocycles. The molecule has 4 rings (SSSR count). The van der Waals surface area contributed by atoms with E-state index in [9.17, 15) is 9.18 Å². The molecule has 1 amide bonds. The molecular weight excluding hydrogens is 407 g/mol. The molecular formula is C25H27FN4O2. The van der Waals surface area contributed by atoms with Gasteiger partial charge in [-0.15, -0.1) is 0 Å². The molecule has 7 heteroatoms. The van der Waals surface area contributed by atoms with Crippen LogP contribution in [0.1, 0.15) is 24.5 Å². The number of para-hydroxylation sites is 1. The molecule has 3 aromatic rings. The second kappa shape index (κ2) is 9.77. The van der Waals surface area contributed by atoms with Crippen LogP contribution in [0.2, 0.25) is 0 Å². The van der Waals surface area contributed by atoms with Crippen molar-refractivity contribution in [1.82, 2.24) is 14.9 Å². The van der Waals surface area contributed by atoms with Crippen molar-refractivity contribution in [1.29, 1.82) is 0 Å². The Morgan fingerprint density at radius 3 is 2.66 bits per heavy atom. The van der Waals surface area contributed by atoms with Gasteiger partial charge in [-0.1, -0.05) is 42.5 Å². The van der Waals surface area contributed by atoms with Crippen LogP contribution in [-0.2, 0) is 4.79 Å². The summed E-state index contributed by atoms with van der Waals surface area (Å²) in [5, 5.41) is 0. The molecule has 1 saturated heterocycles. The molecule has 0 aliphatic carbocycles. The van der Waals surface area contributed by atoms with Crippen molar-refractivity contribution >= 4 is 11.9 Å². The average molecular weight is 435 g/mol. The van der Waals surface area contributed by atoms with Crippen LogP contribution in [0.5, 0.6) is 5.75 Å². The molecule has 2 heterocycles. The highest BCUT2D eigenvalue weighted by atomic mass is 19.1. The molecule has 2 aromatic carbocycles. The fourth-order valence-electron chi connectivity index (χ4n) is 3.97. The molecule has 1 aliphatic rings. The van der Waals surface area contributed by atoms with Gasteiger partial charge in [0.15, 0.2) is 18.2 Å². The van der Waals surface area contributed by atoms with E-state index in [1.54, 1.807) is 17.0 Å².